The molecule has 1 aromatic heterocycles. The summed E-state index contributed by atoms with van der Waals surface area (Å²) in [5, 5.41) is 19.4. The average Bonchev–Trinajstić information content (AvgIpc) is 3.29. The Labute approximate surface area is 217 Å². The molecule has 0 radical (unpaired) electrons. The van der Waals surface area contributed by atoms with Crippen LogP contribution in [0.2, 0.25) is 0 Å². The Bertz CT molecular complexity index is 1610. The summed E-state index contributed by atoms with van der Waals surface area (Å²) in [5.41, 5.74) is 0.537. The smallest absolute Gasteiger partial charge is 0.416 e. The molecule has 0 fully saturated rings. The number of halogens is 3. The number of carbonyl (C=O) groups excluding carboxylic acids is 1. The van der Waals surface area contributed by atoms with Crippen LogP contribution in [0.3, 0.4) is 0 Å². The number of carboxylic acid groups (broad SMARTS) is 1. The van der Waals surface area contributed by atoms with Crippen LogP contribution in [0.25, 0.3) is 10.2 Å². The van der Waals surface area contributed by atoms with Gasteiger partial charge >= 0.3 is 12.1 Å². The first-order valence-corrected chi connectivity index (χ1v) is 12.2. The van der Waals surface area contributed by atoms with Crippen molar-refractivity contribution in [2.75, 3.05) is 6.61 Å². The number of nitrogens with zero attached hydrogens (tertiary/aromatic N) is 2. The number of nitriles is 1. The van der Waals surface area contributed by atoms with Crippen molar-refractivity contribution >= 4 is 33.3 Å². The maximum atomic E-state index is 13.0. The van der Waals surface area contributed by atoms with Crippen molar-refractivity contribution in [3.05, 3.63) is 81.9 Å². The van der Waals surface area contributed by atoms with E-state index in [1.807, 2.05) is 6.07 Å². The van der Waals surface area contributed by atoms with E-state index in [0.29, 0.717) is 44.3 Å². The first-order chi connectivity index (χ1) is 18.1. The molecule has 11 heteroatoms. The third-order valence-corrected chi connectivity index (χ3v) is 7.06. The van der Waals surface area contributed by atoms with Gasteiger partial charge in [0, 0.05) is 17.2 Å². The van der Waals surface area contributed by atoms with E-state index in [9.17, 15) is 33.1 Å². The summed E-state index contributed by atoms with van der Waals surface area (Å²) in [6.45, 7) is 0.226. The van der Waals surface area contributed by atoms with Crippen LogP contribution in [0, 0.1) is 11.3 Å². The number of ketones is 1. The monoisotopic (exact) mass is 538 g/mol. The summed E-state index contributed by atoms with van der Waals surface area (Å²) in [7, 11) is 0. The molecule has 5 rings (SSSR count). The van der Waals surface area contributed by atoms with Gasteiger partial charge in [-0.1, -0.05) is 0 Å². The van der Waals surface area contributed by atoms with Crippen molar-refractivity contribution in [2.45, 2.75) is 24.9 Å². The van der Waals surface area contributed by atoms with Crippen LogP contribution in [0.1, 0.15) is 44.4 Å². The SMILES string of the molecule is N#Cc1cc2c(cc1Oc1ccc(C(=O)Cc3nc4ccc(C(F)(F)F)cc4s3)cc1)OCCC2C(=O)O. The van der Waals surface area contributed by atoms with Gasteiger partial charge in [-0.2, -0.15) is 18.4 Å². The second-order valence-corrected chi connectivity index (χ2v) is 9.66. The van der Waals surface area contributed by atoms with Crippen LogP contribution in [0.15, 0.2) is 54.6 Å². The molecule has 3 aromatic carbocycles. The number of aromatic nitrogens is 1. The molecular formula is C27H17F3N2O5S. The van der Waals surface area contributed by atoms with Gasteiger partial charge in [0.2, 0.25) is 0 Å². The number of alkyl halides is 3. The molecule has 2 heterocycles. The molecule has 0 saturated heterocycles. The molecule has 1 unspecified atom stereocenters. The Hall–Kier alpha value is -4.43. The highest BCUT2D eigenvalue weighted by Gasteiger charge is 2.31. The van der Waals surface area contributed by atoms with E-state index in [-0.39, 0.29) is 30.1 Å². The first-order valence-electron chi connectivity index (χ1n) is 11.3. The van der Waals surface area contributed by atoms with Gasteiger partial charge in [-0.25, -0.2) is 4.98 Å². The molecule has 0 bridgehead atoms. The van der Waals surface area contributed by atoms with E-state index < -0.39 is 23.6 Å². The number of carboxylic acids is 1. The number of benzene rings is 3. The quantitative estimate of drug-likeness (QED) is 0.285. The number of carbonyl (C=O) groups is 2. The van der Waals surface area contributed by atoms with E-state index in [2.05, 4.69) is 4.98 Å². The van der Waals surface area contributed by atoms with Gasteiger partial charge < -0.3 is 14.6 Å². The lowest BCUT2D eigenvalue weighted by molar-refractivity contribution is -0.139. The third-order valence-electron chi connectivity index (χ3n) is 6.05. The molecule has 1 aliphatic heterocycles. The van der Waals surface area contributed by atoms with E-state index in [4.69, 9.17) is 9.47 Å². The number of ether oxygens (including phenoxy) is 2. The van der Waals surface area contributed by atoms with E-state index >= 15 is 0 Å². The Morgan fingerprint density at radius 1 is 1.16 bits per heavy atom. The molecule has 38 heavy (non-hydrogen) atoms. The Morgan fingerprint density at radius 2 is 1.92 bits per heavy atom. The summed E-state index contributed by atoms with van der Waals surface area (Å²) >= 11 is 1.04. The second-order valence-electron chi connectivity index (χ2n) is 8.54. The molecule has 1 atom stereocenters. The maximum absolute atomic E-state index is 13.0. The third kappa shape index (κ3) is 5.03. The first kappa shape index (κ1) is 25.2. The molecule has 1 N–H and O–H groups in total. The van der Waals surface area contributed by atoms with Crippen molar-refractivity contribution in [2.24, 2.45) is 0 Å². The topological polar surface area (TPSA) is 110 Å². The normalized spacial score (nSPS) is 14.8. The predicted octanol–water partition coefficient (Wildman–Crippen LogP) is 6.36. The van der Waals surface area contributed by atoms with Crippen LogP contribution >= 0.6 is 11.3 Å². The van der Waals surface area contributed by atoms with Gasteiger partial charge in [-0.05, 0) is 55.0 Å². The fourth-order valence-corrected chi connectivity index (χ4v) is 5.15. The van der Waals surface area contributed by atoms with Gasteiger partial charge in [-0.15, -0.1) is 11.3 Å². The van der Waals surface area contributed by atoms with E-state index in [0.717, 1.165) is 23.5 Å². The number of rotatable bonds is 6. The van der Waals surface area contributed by atoms with Crippen molar-refractivity contribution in [1.82, 2.24) is 4.98 Å². The predicted molar refractivity (Wildman–Crippen MR) is 131 cm³/mol. The van der Waals surface area contributed by atoms with Gasteiger partial charge in [0.1, 0.15) is 28.3 Å². The van der Waals surface area contributed by atoms with Crippen LogP contribution in [-0.4, -0.2) is 28.4 Å². The number of hydrogen-bond donors (Lipinski definition) is 1. The van der Waals surface area contributed by atoms with Gasteiger partial charge in [0.05, 0.1) is 40.3 Å². The number of aliphatic carboxylic acids is 1. The molecule has 1 aliphatic rings. The molecule has 0 aliphatic carbocycles. The number of hydrogen-bond acceptors (Lipinski definition) is 7. The molecule has 4 aromatic rings. The van der Waals surface area contributed by atoms with Crippen LogP contribution < -0.4 is 9.47 Å². The lowest BCUT2D eigenvalue weighted by atomic mass is 9.91. The molecule has 0 spiro atoms. The highest BCUT2D eigenvalue weighted by atomic mass is 32.1. The fourth-order valence-electron chi connectivity index (χ4n) is 4.15. The van der Waals surface area contributed by atoms with Gasteiger partial charge in [0.15, 0.2) is 5.78 Å². The summed E-state index contributed by atoms with van der Waals surface area (Å²) in [6, 6.07) is 14.4. The highest BCUT2D eigenvalue weighted by molar-refractivity contribution is 7.18. The van der Waals surface area contributed by atoms with Crippen LogP contribution in [-0.2, 0) is 17.4 Å². The molecule has 0 saturated carbocycles. The van der Waals surface area contributed by atoms with Crippen LogP contribution in [0.5, 0.6) is 17.2 Å². The summed E-state index contributed by atoms with van der Waals surface area (Å²) in [6.07, 6.45) is -4.24. The lowest BCUT2D eigenvalue weighted by Crippen LogP contribution is -2.21. The Kier molecular flexibility index (Phi) is 6.50. The minimum atomic E-state index is -4.46. The summed E-state index contributed by atoms with van der Waals surface area (Å²) < 4.78 is 50.6. The van der Waals surface area contributed by atoms with E-state index in [1.165, 1.54) is 30.3 Å². The average molecular weight is 539 g/mol. The van der Waals surface area contributed by atoms with E-state index in [1.54, 1.807) is 12.1 Å². The Balaban J connectivity index is 1.31. The van der Waals surface area contributed by atoms with Crippen LogP contribution in [0.4, 0.5) is 13.2 Å². The largest absolute Gasteiger partial charge is 0.493 e. The summed E-state index contributed by atoms with van der Waals surface area (Å²) in [5.74, 6) is -1.18. The minimum absolute atomic E-state index is 0.0770. The van der Waals surface area contributed by atoms with Crippen molar-refractivity contribution in [3.8, 4) is 23.3 Å². The van der Waals surface area contributed by atoms with Crippen molar-refractivity contribution in [3.63, 3.8) is 0 Å². The molecule has 7 nitrogen and oxygen atoms in total. The zero-order valence-corrected chi connectivity index (χ0v) is 20.2. The molecule has 192 valence electrons. The Morgan fingerprint density at radius 3 is 2.61 bits per heavy atom. The number of Topliss-reactive ketones (excluding diaryl/α,β-unsaturated/α-hetero) is 1. The molecular weight excluding hydrogens is 521 g/mol. The second kappa shape index (κ2) is 9.79. The number of fused-ring (bicyclic) bond motifs is 2. The zero-order chi connectivity index (χ0) is 27.0. The fraction of sp³-hybridized carbons (Fsp3) is 0.185. The minimum Gasteiger partial charge on any atom is -0.493 e. The maximum Gasteiger partial charge on any atom is 0.416 e. The van der Waals surface area contributed by atoms with Crippen molar-refractivity contribution < 1.29 is 37.3 Å². The zero-order valence-electron chi connectivity index (χ0n) is 19.4. The highest BCUT2D eigenvalue weighted by Crippen LogP contribution is 2.40. The van der Waals surface area contributed by atoms with Gasteiger partial charge in [0.25, 0.3) is 0 Å². The number of thiazole rings is 1. The van der Waals surface area contributed by atoms with Crippen molar-refractivity contribution in [1.29, 1.82) is 5.26 Å². The van der Waals surface area contributed by atoms with Gasteiger partial charge in [-0.3, -0.25) is 9.59 Å². The lowest BCUT2D eigenvalue weighted by Gasteiger charge is -2.24. The molecule has 0 amide bonds. The standard InChI is InChI=1S/C27H17F3N2O5S/c28-27(29,30)16-3-6-20-24(10-16)38-25(32-20)11-21(33)14-1-4-17(5-2-14)37-22-12-23-19(9-15(22)13-31)18(26(34)35)7-8-36-23/h1-6,9-10,12,18H,7-8,11H2,(H,34,35). The summed E-state index contributed by atoms with van der Waals surface area (Å²) in [4.78, 5) is 28.6.